The summed E-state index contributed by atoms with van der Waals surface area (Å²) in [5, 5.41) is 15.4. The van der Waals surface area contributed by atoms with E-state index in [0.29, 0.717) is 5.56 Å². The van der Waals surface area contributed by atoms with Crippen molar-refractivity contribution in [3.05, 3.63) is 42.5 Å². The summed E-state index contributed by atoms with van der Waals surface area (Å²) in [5.41, 5.74) is -0.893. The number of hydrogen-bond acceptors (Lipinski definition) is 6. The lowest BCUT2D eigenvalue weighted by Gasteiger charge is -2.35. The fourth-order valence-corrected chi connectivity index (χ4v) is 3.15. The number of ether oxygens (including phenoxy) is 1. The minimum Gasteiger partial charge on any atom is -0.508 e. The fourth-order valence-electron chi connectivity index (χ4n) is 2.90. The highest BCUT2D eigenvalue weighted by atomic mass is 32.1. The molecule has 178 valence electrons. The van der Waals surface area contributed by atoms with Crippen molar-refractivity contribution in [2.45, 2.75) is 64.8 Å². The van der Waals surface area contributed by atoms with Crippen LogP contribution in [0.5, 0.6) is 5.75 Å². The standard InChI is InChI=1S/C23H35N3O5S/c1-8-12-26(20(29)17(14-32)24-21(30)31-23(5,6)7)18(19(28)25-22(2,3)4)15-10-9-11-16(27)13-15/h8-11,13,17-18,27,32H,1,12,14H2,2-7H3,(H,24,30)(H,25,28). The molecule has 0 radical (unpaired) electrons. The number of aromatic hydroxyl groups is 1. The van der Waals surface area contributed by atoms with Crippen LogP contribution in [0.2, 0.25) is 0 Å². The van der Waals surface area contributed by atoms with Gasteiger partial charge in [0.15, 0.2) is 0 Å². The van der Waals surface area contributed by atoms with Gasteiger partial charge in [0.25, 0.3) is 0 Å². The van der Waals surface area contributed by atoms with Crippen LogP contribution in [0.3, 0.4) is 0 Å². The summed E-state index contributed by atoms with van der Waals surface area (Å²) in [5.74, 6) is -1.03. The number of carbonyl (C=O) groups excluding carboxylic acids is 3. The monoisotopic (exact) mass is 465 g/mol. The van der Waals surface area contributed by atoms with Crippen LogP contribution in [0.1, 0.15) is 53.1 Å². The van der Waals surface area contributed by atoms with E-state index in [1.807, 2.05) is 20.8 Å². The third kappa shape index (κ3) is 8.82. The molecule has 8 nitrogen and oxygen atoms in total. The minimum absolute atomic E-state index is 0.0145. The number of hydrogen-bond donors (Lipinski definition) is 4. The molecule has 0 aliphatic carbocycles. The van der Waals surface area contributed by atoms with Gasteiger partial charge in [-0.2, -0.15) is 12.6 Å². The number of benzene rings is 1. The zero-order chi connectivity index (χ0) is 24.7. The fraction of sp³-hybridized carbons (Fsp3) is 0.522. The molecule has 0 heterocycles. The maximum absolute atomic E-state index is 13.5. The zero-order valence-corrected chi connectivity index (χ0v) is 20.5. The van der Waals surface area contributed by atoms with Gasteiger partial charge in [-0.05, 0) is 59.2 Å². The number of phenols is 1. The Balaban J connectivity index is 3.36. The van der Waals surface area contributed by atoms with Crippen LogP contribution in [0.15, 0.2) is 36.9 Å². The molecule has 0 aliphatic rings. The second-order valence-electron chi connectivity index (χ2n) is 9.40. The number of nitrogens with zero attached hydrogens (tertiary/aromatic N) is 1. The number of alkyl carbamates (subject to hydrolysis) is 1. The van der Waals surface area contributed by atoms with E-state index in [9.17, 15) is 19.5 Å². The van der Waals surface area contributed by atoms with E-state index in [4.69, 9.17) is 4.74 Å². The second-order valence-corrected chi connectivity index (χ2v) is 9.76. The van der Waals surface area contributed by atoms with Crippen molar-refractivity contribution >= 4 is 30.5 Å². The highest BCUT2D eigenvalue weighted by molar-refractivity contribution is 7.80. The number of rotatable bonds is 8. The number of carbonyl (C=O) groups is 3. The van der Waals surface area contributed by atoms with Gasteiger partial charge in [0.2, 0.25) is 11.8 Å². The van der Waals surface area contributed by atoms with Crippen molar-refractivity contribution in [1.29, 1.82) is 0 Å². The number of phenolic OH excluding ortho intramolecular Hbond substituents is 1. The first kappa shape index (κ1) is 27.4. The SMILES string of the molecule is C=CCN(C(=O)C(CS)NC(=O)OC(C)(C)C)C(C(=O)NC(C)(C)C)c1cccc(O)c1. The predicted octanol–water partition coefficient (Wildman–Crippen LogP) is 3.19. The molecule has 0 aromatic heterocycles. The lowest BCUT2D eigenvalue weighted by molar-refractivity contribution is -0.142. The number of thiol groups is 1. The molecule has 1 aromatic rings. The number of nitrogens with one attached hydrogen (secondary N) is 2. The Bertz CT molecular complexity index is 830. The Morgan fingerprint density at radius 3 is 2.31 bits per heavy atom. The van der Waals surface area contributed by atoms with Crippen molar-refractivity contribution < 1.29 is 24.2 Å². The van der Waals surface area contributed by atoms with Gasteiger partial charge in [-0.3, -0.25) is 9.59 Å². The zero-order valence-electron chi connectivity index (χ0n) is 19.6. The highest BCUT2D eigenvalue weighted by Gasteiger charge is 2.36. The molecule has 0 aliphatic heterocycles. The van der Waals surface area contributed by atoms with E-state index >= 15 is 0 Å². The first-order valence-corrected chi connectivity index (χ1v) is 10.9. The first-order chi connectivity index (χ1) is 14.7. The van der Waals surface area contributed by atoms with Crippen molar-refractivity contribution in [2.75, 3.05) is 12.3 Å². The quantitative estimate of drug-likeness (QED) is 0.348. The second kappa shape index (κ2) is 11.3. The van der Waals surface area contributed by atoms with Crippen LogP contribution in [0, 0.1) is 0 Å². The van der Waals surface area contributed by atoms with E-state index in [1.165, 1.54) is 23.1 Å². The Morgan fingerprint density at radius 2 is 1.84 bits per heavy atom. The van der Waals surface area contributed by atoms with E-state index in [1.54, 1.807) is 32.9 Å². The Hall–Kier alpha value is -2.68. The van der Waals surface area contributed by atoms with Gasteiger partial charge in [0.05, 0.1) is 0 Å². The van der Waals surface area contributed by atoms with Crippen LogP contribution >= 0.6 is 12.6 Å². The van der Waals surface area contributed by atoms with Gasteiger partial charge >= 0.3 is 6.09 Å². The molecule has 0 fully saturated rings. The predicted molar refractivity (Wildman–Crippen MR) is 128 cm³/mol. The van der Waals surface area contributed by atoms with Gasteiger partial charge in [-0.25, -0.2) is 4.79 Å². The normalized spacial score (nSPS) is 13.5. The Labute approximate surface area is 195 Å². The molecule has 1 aromatic carbocycles. The van der Waals surface area contributed by atoms with E-state index in [2.05, 4.69) is 29.8 Å². The van der Waals surface area contributed by atoms with Crippen molar-refractivity contribution in [3.63, 3.8) is 0 Å². The third-order valence-electron chi connectivity index (χ3n) is 4.02. The summed E-state index contributed by atoms with van der Waals surface area (Å²) in [7, 11) is 0. The van der Waals surface area contributed by atoms with Crippen molar-refractivity contribution in [3.8, 4) is 5.75 Å². The molecule has 0 spiro atoms. The maximum Gasteiger partial charge on any atom is 0.408 e. The molecule has 3 N–H and O–H groups in total. The molecule has 2 unspecified atom stereocenters. The summed E-state index contributed by atoms with van der Waals surface area (Å²) in [6.45, 7) is 14.3. The summed E-state index contributed by atoms with van der Waals surface area (Å²) >= 11 is 4.21. The lowest BCUT2D eigenvalue weighted by Crippen LogP contribution is -2.55. The molecule has 9 heteroatoms. The van der Waals surface area contributed by atoms with Gasteiger partial charge in [-0.1, -0.05) is 18.2 Å². The summed E-state index contributed by atoms with van der Waals surface area (Å²) in [6, 6.07) is 4.01. The summed E-state index contributed by atoms with van der Waals surface area (Å²) in [4.78, 5) is 40.3. The van der Waals surface area contributed by atoms with E-state index < -0.39 is 41.1 Å². The average Bonchev–Trinajstić information content (AvgIpc) is 2.62. The smallest absolute Gasteiger partial charge is 0.408 e. The Morgan fingerprint density at radius 1 is 1.22 bits per heavy atom. The van der Waals surface area contributed by atoms with Crippen LogP contribution in [-0.2, 0) is 14.3 Å². The van der Waals surface area contributed by atoms with Crippen LogP contribution in [-0.4, -0.2) is 57.4 Å². The molecule has 0 saturated carbocycles. The van der Waals surface area contributed by atoms with Crippen LogP contribution < -0.4 is 10.6 Å². The van der Waals surface area contributed by atoms with Crippen molar-refractivity contribution in [2.24, 2.45) is 0 Å². The van der Waals surface area contributed by atoms with E-state index in [-0.39, 0.29) is 18.0 Å². The topological polar surface area (TPSA) is 108 Å². The molecule has 3 amide bonds. The first-order valence-electron chi connectivity index (χ1n) is 10.3. The van der Waals surface area contributed by atoms with Gasteiger partial charge < -0.3 is 25.4 Å². The van der Waals surface area contributed by atoms with Crippen LogP contribution in [0.25, 0.3) is 0 Å². The summed E-state index contributed by atoms with van der Waals surface area (Å²) < 4.78 is 5.25. The van der Waals surface area contributed by atoms with Gasteiger partial charge in [-0.15, -0.1) is 6.58 Å². The highest BCUT2D eigenvalue weighted by Crippen LogP contribution is 2.26. The molecule has 0 bridgehead atoms. The van der Waals surface area contributed by atoms with E-state index in [0.717, 1.165) is 0 Å². The molecule has 0 saturated heterocycles. The molecular weight excluding hydrogens is 430 g/mol. The average molecular weight is 466 g/mol. The van der Waals surface area contributed by atoms with Gasteiger partial charge in [0.1, 0.15) is 23.4 Å². The minimum atomic E-state index is -1.07. The molecule has 2 atom stereocenters. The van der Waals surface area contributed by atoms with Crippen LogP contribution in [0.4, 0.5) is 4.79 Å². The van der Waals surface area contributed by atoms with Crippen molar-refractivity contribution in [1.82, 2.24) is 15.5 Å². The van der Waals surface area contributed by atoms with Gasteiger partial charge in [0, 0.05) is 17.8 Å². The lowest BCUT2D eigenvalue weighted by atomic mass is 10.0. The largest absolute Gasteiger partial charge is 0.508 e. The maximum atomic E-state index is 13.5. The Kier molecular flexibility index (Phi) is 9.63. The number of amides is 3. The molecule has 1 rings (SSSR count). The molecule has 32 heavy (non-hydrogen) atoms. The summed E-state index contributed by atoms with van der Waals surface area (Å²) in [6.07, 6.45) is 0.720. The molecular formula is C23H35N3O5S. The third-order valence-corrected chi connectivity index (χ3v) is 4.39.